The van der Waals surface area contributed by atoms with E-state index in [4.69, 9.17) is 4.74 Å². The lowest BCUT2D eigenvalue weighted by Crippen LogP contribution is -2.22. The average Bonchev–Trinajstić information content (AvgIpc) is 3.26. The van der Waals surface area contributed by atoms with Crippen molar-refractivity contribution < 1.29 is 27.5 Å². The molecule has 2 aromatic carbocycles. The van der Waals surface area contributed by atoms with Gasteiger partial charge in [-0.1, -0.05) is 30.3 Å². The molecule has 1 amide bonds. The first-order chi connectivity index (χ1) is 14.3. The van der Waals surface area contributed by atoms with Gasteiger partial charge < -0.3 is 15.0 Å². The topological polar surface area (TPSA) is 58.6 Å². The number of nitrogens with one attached hydrogen (secondary N) is 1. The first kappa shape index (κ1) is 21.4. The van der Waals surface area contributed by atoms with Gasteiger partial charge in [-0.05, 0) is 36.6 Å². The zero-order valence-electron chi connectivity index (χ0n) is 16.3. The van der Waals surface area contributed by atoms with E-state index in [-0.39, 0.29) is 16.8 Å². The Morgan fingerprint density at radius 2 is 1.70 bits per heavy atom. The van der Waals surface area contributed by atoms with Crippen LogP contribution in [-0.2, 0) is 9.53 Å². The van der Waals surface area contributed by atoms with Gasteiger partial charge in [-0.25, -0.2) is 4.79 Å². The van der Waals surface area contributed by atoms with Gasteiger partial charge in [-0.3, -0.25) is 4.79 Å². The molecule has 5 nitrogen and oxygen atoms in total. The van der Waals surface area contributed by atoms with E-state index in [0.29, 0.717) is 11.8 Å². The molecule has 8 heteroatoms. The molecule has 2 aromatic rings. The monoisotopic (exact) mass is 418 g/mol. The number of esters is 1. The van der Waals surface area contributed by atoms with Gasteiger partial charge in [0.25, 0.3) is 0 Å². The van der Waals surface area contributed by atoms with Gasteiger partial charge in [-0.2, -0.15) is 13.2 Å². The lowest BCUT2D eigenvalue weighted by atomic mass is 10.0. The highest BCUT2D eigenvalue weighted by Gasteiger charge is 2.35. The molecule has 3 rings (SSSR count). The minimum Gasteiger partial charge on any atom is -0.465 e. The van der Waals surface area contributed by atoms with E-state index in [1.54, 1.807) is 18.2 Å². The van der Waals surface area contributed by atoms with E-state index in [0.717, 1.165) is 25.9 Å². The summed E-state index contributed by atoms with van der Waals surface area (Å²) >= 11 is 0. The Morgan fingerprint density at radius 3 is 2.30 bits per heavy atom. The highest BCUT2D eigenvalue weighted by molar-refractivity contribution is 6.07. The van der Waals surface area contributed by atoms with Crippen LogP contribution in [0.25, 0.3) is 5.57 Å². The summed E-state index contributed by atoms with van der Waals surface area (Å²) in [6, 6.07) is 11.8. The van der Waals surface area contributed by atoms with Gasteiger partial charge in [0.05, 0.1) is 29.6 Å². The summed E-state index contributed by atoms with van der Waals surface area (Å²) in [4.78, 5) is 26.4. The first-order valence-electron chi connectivity index (χ1n) is 9.42. The Labute approximate surface area is 172 Å². The van der Waals surface area contributed by atoms with Crippen molar-refractivity contribution in [1.82, 2.24) is 0 Å². The highest BCUT2D eigenvalue weighted by Crippen LogP contribution is 2.34. The van der Waals surface area contributed by atoms with Crippen LogP contribution in [0.2, 0.25) is 0 Å². The minimum atomic E-state index is -4.70. The second kappa shape index (κ2) is 9.02. The van der Waals surface area contributed by atoms with Gasteiger partial charge in [-0.15, -0.1) is 0 Å². The van der Waals surface area contributed by atoms with Crippen LogP contribution in [0.4, 0.5) is 24.5 Å². The maximum Gasteiger partial charge on any atom is 0.417 e. The Morgan fingerprint density at radius 1 is 1.03 bits per heavy atom. The van der Waals surface area contributed by atoms with Crippen LogP contribution in [0.15, 0.2) is 54.6 Å². The largest absolute Gasteiger partial charge is 0.465 e. The fourth-order valence-electron chi connectivity index (χ4n) is 3.36. The summed E-state index contributed by atoms with van der Waals surface area (Å²) < 4.78 is 45.3. The van der Waals surface area contributed by atoms with Gasteiger partial charge in [0.1, 0.15) is 0 Å². The predicted molar refractivity (Wildman–Crippen MR) is 108 cm³/mol. The van der Waals surface area contributed by atoms with Crippen molar-refractivity contribution in [1.29, 1.82) is 0 Å². The fraction of sp³-hybridized carbons (Fsp3) is 0.273. The third kappa shape index (κ3) is 5.00. The van der Waals surface area contributed by atoms with Crippen LogP contribution in [-0.4, -0.2) is 38.3 Å². The molecule has 0 atom stereocenters. The molecule has 1 heterocycles. The van der Waals surface area contributed by atoms with E-state index >= 15 is 0 Å². The quantitative estimate of drug-likeness (QED) is 0.567. The lowest BCUT2D eigenvalue weighted by Gasteiger charge is -2.22. The molecule has 1 fully saturated rings. The fourth-order valence-corrected chi connectivity index (χ4v) is 3.36. The second-order valence-electron chi connectivity index (χ2n) is 6.83. The average molecular weight is 418 g/mol. The number of hydrogen-bond acceptors (Lipinski definition) is 4. The van der Waals surface area contributed by atoms with Crippen LogP contribution in [0.1, 0.15) is 28.8 Å². The lowest BCUT2D eigenvalue weighted by molar-refractivity contribution is -0.112. The van der Waals surface area contributed by atoms with Gasteiger partial charge in [0, 0.05) is 19.2 Å². The van der Waals surface area contributed by atoms with E-state index < -0.39 is 23.6 Å². The molecule has 0 radical (unpaired) electrons. The van der Waals surface area contributed by atoms with Crippen LogP contribution < -0.4 is 10.2 Å². The molecule has 30 heavy (non-hydrogen) atoms. The Kier molecular flexibility index (Phi) is 6.44. The number of amides is 1. The molecular formula is C22H21F3N2O3. The summed E-state index contributed by atoms with van der Waals surface area (Å²) in [6.07, 6.45) is -2.23. The third-order valence-electron chi connectivity index (χ3n) is 4.79. The smallest absolute Gasteiger partial charge is 0.417 e. The zero-order valence-corrected chi connectivity index (χ0v) is 16.3. The summed E-state index contributed by atoms with van der Waals surface area (Å²) in [5.74, 6) is -1.54. The van der Waals surface area contributed by atoms with Crippen molar-refractivity contribution >= 4 is 28.8 Å². The standard InChI is InChI=1S/C22H21F3N2O3/c1-30-21(29)16-9-10-19(27-11-5-6-12-27)18(13-16)26-20(28)14-17(22(23,24)25)15-7-3-2-4-8-15/h2-4,7-10,13-14H,5-6,11-12H2,1H3,(H,26,28)/b17-14-. The molecule has 158 valence electrons. The predicted octanol–water partition coefficient (Wildman–Crippen LogP) is 4.66. The van der Waals surface area contributed by atoms with Crippen molar-refractivity contribution in [2.45, 2.75) is 19.0 Å². The molecule has 0 spiro atoms. The number of methoxy groups -OCH3 is 1. The van der Waals surface area contributed by atoms with Crippen LogP contribution in [0.3, 0.4) is 0 Å². The Bertz CT molecular complexity index is 950. The van der Waals surface area contributed by atoms with E-state index in [1.165, 1.54) is 37.4 Å². The molecule has 1 aliphatic rings. The molecule has 0 unspecified atom stereocenters. The summed E-state index contributed by atoms with van der Waals surface area (Å²) in [5, 5.41) is 2.51. The van der Waals surface area contributed by atoms with Crippen molar-refractivity contribution in [2.75, 3.05) is 30.4 Å². The SMILES string of the molecule is COC(=O)c1ccc(N2CCCC2)c(NC(=O)/C=C(/c2ccccc2)C(F)(F)F)c1. The first-order valence-corrected chi connectivity index (χ1v) is 9.42. The Hall–Kier alpha value is -3.29. The number of carbonyl (C=O) groups is 2. The number of rotatable bonds is 5. The van der Waals surface area contributed by atoms with Crippen molar-refractivity contribution in [3.05, 3.63) is 65.7 Å². The van der Waals surface area contributed by atoms with E-state index in [9.17, 15) is 22.8 Å². The van der Waals surface area contributed by atoms with Gasteiger partial charge in [0.2, 0.25) is 5.91 Å². The molecular weight excluding hydrogens is 397 g/mol. The van der Waals surface area contributed by atoms with E-state index in [2.05, 4.69) is 5.32 Å². The van der Waals surface area contributed by atoms with Gasteiger partial charge >= 0.3 is 12.1 Å². The number of ether oxygens (including phenoxy) is 1. The number of benzene rings is 2. The number of carbonyl (C=O) groups excluding carboxylic acids is 2. The van der Waals surface area contributed by atoms with E-state index in [1.807, 2.05) is 4.90 Å². The van der Waals surface area contributed by atoms with Crippen LogP contribution >= 0.6 is 0 Å². The molecule has 1 N–H and O–H groups in total. The van der Waals surface area contributed by atoms with Crippen molar-refractivity contribution in [3.63, 3.8) is 0 Å². The molecule has 0 bridgehead atoms. The highest BCUT2D eigenvalue weighted by atomic mass is 19.4. The van der Waals surface area contributed by atoms with Gasteiger partial charge in [0.15, 0.2) is 0 Å². The van der Waals surface area contributed by atoms with Crippen LogP contribution in [0.5, 0.6) is 0 Å². The second-order valence-corrected chi connectivity index (χ2v) is 6.83. The summed E-state index contributed by atoms with van der Waals surface area (Å²) in [7, 11) is 1.23. The number of alkyl halides is 3. The molecule has 0 aliphatic carbocycles. The summed E-state index contributed by atoms with van der Waals surface area (Å²) in [6.45, 7) is 1.52. The third-order valence-corrected chi connectivity index (χ3v) is 4.79. The zero-order chi connectivity index (χ0) is 21.7. The van der Waals surface area contributed by atoms with Crippen molar-refractivity contribution in [2.24, 2.45) is 0 Å². The number of nitrogens with zero attached hydrogens (tertiary/aromatic N) is 1. The molecule has 0 aromatic heterocycles. The summed E-state index contributed by atoms with van der Waals surface area (Å²) in [5.41, 5.74) is -0.0553. The minimum absolute atomic E-state index is 0.108. The Balaban J connectivity index is 1.95. The number of hydrogen-bond donors (Lipinski definition) is 1. The maximum atomic E-state index is 13.5. The molecule has 1 saturated heterocycles. The van der Waals surface area contributed by atoms with Crippen LogP contribution in [0, 0.1) is 0 Å². The maximum absolute atomic E-state index is 13.5. The molecule has 0 saturated carbocycles. The molecule has 1 aliphatic heterocycles. The number of anilines is 2. The normalized spacial score (nSPS) is 14.5. The number of halogens is 3. The van der Waals surface area contributed by atoms with Crippen molar-refractivity contribution in [3.8, 4) is 0 Å². The number of allylic oxidation sites excluding steroid dienone is 1.